The molecule has 0 saturated heterocycles. The summed E-state index contributed by atoms with van der Waals surface area (Å²) in [6.07, 6.45) is 0. The quantitative estimate of drug-likeness (QED) is 0.479. The Balaban J connectivity index is 2.47. The van der Waals surface area contributed by atoms with E-state index in [1.54, 1.807) is 6.07 Å². The van der Waals surface area contributed by atoms with Gasteiger partial charge in [0.1, 0.15) is 5.75 Å². The van der Waals surface area contributed by atoms with Gasteiger partial charge in [-0.2, -0.15) is 0 Å². The summed E-state index contributed by atoms with van der Waals surface area (Å²) in [5.74, 6) is 2.45. The standard InChI is InChI=1S/C12H17NOS2/c1-3-15-16-9-8-13-10(2)11-6-4-5-7-12(11)14/h4-7,14H,3,8-9H2,1-2H3. The molecular weight excluding hydrogens is 238 g/mol. The van der Waals surface area contributed by atoms with Gasteiger partial charge < -0.3 is 5.11 Å². The molecule has 0 fully saturated rings. The number of benzene rings is 1. The van der Waals surface area contributed by atoms with E-state index in [1.165, 1.54) is 0 Å². The molecule has 2 nitrogen and oxygen atoms in total. The monoisotopic (exact) mass is 255 g/mol. The molecule has 0 unspecified atom stereocenters. The van der Waals surface area contributed by atoms with E-state index in [-0.39, 0.29) is 0 Å². The Labute approximate surface area is 105 Å². The number of aliphatic imine (C=N–C) groups is 1. The summed E-state index contributed by atoms with van der Waals surface area (Å²) >= 11 is 0. The fraction of sp³-hybridized carbons (Fsp3) is 0.417. The van der Waals surface area contributed by atoms with Crippen molar-refractivity contribution in [2.75, 3.05) is 18.1 Å². The average Bonchev–Trinajstić information content (AvgIpc) is 2.29. The van der Waals surface area contributed by atoms with Crippen LogP contribution in [0.4, 0.5) is 0 Å². The van der Waals surface area contributed by atoms with Crippen molar-refractivity contribution >= 4 is 27.3 Å². The number of hydrogen-bond acceptors (Lipinski definition) is 4. The van der Waals surface area contributed by atoms with Crippen molar-refractivity contribution in [2.45, 2.75) is 13.8 Å². The first-order valence-corrected chi connectivity index (χ1v) is 7.78. The van der Waals surface area contributed by atoms with Crippen molar-refractivity contribution in [3.8, 4) is 5.75 Å². The van der Waals surface area contributed by atoms with Gasteiger partial charge in [0.25, 0.3) is 0 Å². The van der Waals surface area contributed by atoms with Gasteiger partial charge in [-0.1, -0.05) is 40.6 Å². The van der Waals surface area contributed by atoms with Crippen molar-refractivity contribution in [1.82, 2.24) is 0 Å². The molecule has 0 aliphatic carbocycles. The molecule has 0 saturated carbocycles. The molecule has 1 N–H and O–H groups in total. The lowest BCUT2D eigenvalue weighted by Crippen LogP contribution is -1.97. The van der Waals surface area contributed by atoms with Crippen LogP contribution in [0.1, 0.15) is 19.4 Å². The van der Waals surface area contributed by atoms with Crippen LogP contribution in [-0.2, 0) is 0 Å². The summed E-state index contributed by atoms with van der Waals surface area (Å²) in [5, 5.41) is 9.63. The second-order valence-corrected chi connectivity index (χ2v) is 6.08. The summed E-state index contributed by atoms with van der Waals surface area (Å²) in [6.45, 7) is 4.89. The largest absolute Gasteiger partial charge is 0.507 e. The van der Waals surface area contributed by atoms with E-state index >= 15 is 0 Å². The zero-order valence-corrected chi connectivity index (χ0v) is 11.3. The Hall–Kier alpha value is -0.610. The fourth-order valence-corrected chi connectivity index (χ4v) is 2.79. The molecule has 0 heterocycles. The minimum absolute atomic E-state index is 0.305. The molecule has 0 aliphatic heterocycles. The molecule has 0 amide bonds. The highest BCUT2D eigenvalue weighted by molar-refractivity contribution is 8.76. The van der Waals surface area contributed by atoms with Crippen LogP contribution >= 0.6 is 21.6 Å². The van der Waals surface area contributed by atoms with Crippen LogP contribution in [0.2, 0.25) is 0 Å². The summed E-state index contributed by atoms with van der Waals surface area (Å²) < 4.78 is 0. The maximum Gasteiger partial charge on any atom is 0.124 e. The number of para-hydroxylation sites is 1. The zero-order chi connectivity index (χ0) is 11.8. The number of nitrogens with zero attached hydrogens (tertiary/aromatic N) is 1. The SMILES string of the molecule is CCSSCCN=C(C)c1ccccc1O. The van der Waals surface area contributed by atoms with E-state index in [2.05, 4.69) is 11.9 Å². The average molecular weight is 255 g/mol. The molecular formula is C12H17NOS2. The van der Waals surface area contributed by atoms with Gasteiger partial charge >= 0.3 is 0 Å². The number of rotatable bonds is 6. The highest BCUT2D eigenvalue weighted by Gasteiger charge is 2.01. The lowest BCUT2D eigenvalue weighted by Gasteiger charge is -2.03. The van der Waals surface area contributed by atoms with Crippen molar-refractivity contribution in [2.24, 2.45) is 4.99 Å². The summed E-state index contributed by atoms with van der Waals surface area (Å²) in [7, 11) is 3.70. The van der Waals surface area contributed by atoms with E-state index in [0.29, 0.717) is 5.75 Å². The zero-order valence-electron chi connectivity index (χ0n) is 9.64. The lowest BCUT2D eigenvalue weighted by molar-refractivity contribution is 0.474. The number of hydrogen-bond donors (Lipinski definition) is 1. The van der Waals surface area contributed by atoms with Gasteiger partial charge in [-0.25, -0.2) is 0 Å². The summed E-state index contributed by atoms with van der Waals surface area (Å²) in [5.41, 5.74) is 1.73. The third-order valence-electron chi connectivity index (χ3n) is 2.02. The number of phenols is 1. The molecule has 0 bridgehead atoms. The van der Waals surface area contributed by atoms with Gasteiger partial charge in [0.05, 0.1) is 0 Å². The molecule has 1 aromatic carbocycles. The molecule has 16 heavy (non-hydrogen) atoms. The molecule has 1 aromatic rings. The van der Waals surface area contributed by atoms with E-state index in [0.717, 1.165) is 29.3 Å². The topological polar surface area (TPSA) is 32.6 Å². The second-order valence-electron chi connectivity index (χ2n) is 3.21. The maximum atomic E-state index is 9.63. The van der Waals surface area contributed by atoms with Crippen molar-refractivity contribution in [1.29, 1.82) is 0 Å². The Morgan fingerprint density at radius 2 is 2.06 bits per heavy atom. The summed E-state index contributed by atoms with van der Waals surface area (Å²) in [6, 6.07) is 7.31. The van der Waals surface area contributed by atoms with E-state index in [4.69, 9.17) is 0 Å². The smallest absolute Gasteiger partial charge is 0.124 e. The molecule has 88 valence electrons. The van der Waals surface area contributed by atoms with Crippen LogP contribution in [0.3, 0.4) is 0 Å². The first-order valence-electron chi connectivity index (χ1n) is 5.29. The Kier molecular flexibility index (Phi) is 6.42. The predicted molar refractivity (Wildman–Crippen MR) is 75.8 cm³/mol. The van der Waals surface area contributed by atoms with E-state index in [9.17, 15) is 5.11 Å². The summed E-state index contributed by atoms with van der Waals surface area (Å²) in [4.78, 5) is 4.45. The predicted octanol–water partition coefficient (Wildman–Crippen LogP) is 3.60. The van der Waals surface area contributed by atoms with Crippen LogP contribution in [0, 0.1) is 0 Å². The number of phenolic OH excluding ortho intramolecular Hbond substituents is 1. The van der Waals surface area contributed by atoms with Gasteiger partial charge in [-0.3, -0.25) is 4.99 Å². The third-order valence-corrected chi connectivity index (χ3v) is 4.48. The Bertz CT molecular complexity index is 353. The fourth-order valence-electron chi connectivity index (χ4n) is 1.26. The molecule has 1 rings (SSSR count). The van der Waals surface area contributed by atoms with Gasteiger partial charge in [0.15, 0.2) is 0 Å². The highest BCUT2D eigenvalue weighted by Crippen LogP contribution is 2.20. The first-order chi connectivity index (χ1) is 7.75. The molecule has 0 atom stereocenters. The number of aromatic hydroxyl groups is 1. The van der Waals surface area contributed by atoms with Crippen LogP contribution < -0.4 is 0 Å². The lowest BCUT2D eigenvalue weighted by atomic mass is 10.1. The van der Waals surface area contributed by atoms with Crippen molar-refractivity contribution in [3.63, 3.8) is 0 Å². The Morgan fingerprint density at radius 1 is 1.31 bits per heavy atom. The van der Waals surface area contributed by atoms with Crippen LogP contribution in [0.25, 0.3) is 0 Å². The normalized spacial score (nSPS) is 11.8. The Morgan fingerprint density at radius 3 is 2.75 bits per heavy atom. The molecule has 0 aliphatic rings. The minimum atomic E-state index is 0.305. The molecule has 4 heteroatoms. The van der Waals surface area contributed by atoms with Crippen LogP contribution in [-0.4, -0.2) is 28.9 Å². The second kappa shape index (κ2) is 7.63. The molecule has 0 radical (unpaired) electrons. The molecule has 0 aromatic heterocycles. The third kappa shape index (κ3) is 4.49. The van der Waals surface area contributed by atoms with E-state index < -0.39 is 0 Å². The van der Waals surface area contributed by atoms with Crippen molar-refractivity contribution in [3.05, 3.63) is 29.8 Å². The van der Waals surface area contributed by atoms with Gasteiger partial charge in [0, 0.05) is 29.3 Å². The van der Waals surface area contributed by atoms with Crippen molar-refractivity contribution < 1.29 is 5.11 Å². The minimum Gasteiger partial charge on any atom is -0.507 e. The first kappa shape index (κ1) is 13.5. The van der Waals surface area contributed by atoms with Gasteiger partial charge in [-0.15, -0.1) is 0 Å². The molecule has 0 spiro atoms. The van der Waals surface area contributed by atoms with Crippen LogP contribution in [0.15, 0.2) is 29.3 Å². The van der Waals surface area contributed by atoms with Crippen LogP contribution in [0.5, 0.6) is 5.75 Å². The maximum absolute atomic E-state index is 9.63. The van der Waals surface area contributed by atoms with Gasteiger partial charge in [-0.05, 0) is 19.1 Å². The van der Waals surface area contributed by atoms with E-state index in [1.807, 2.05) is 46.7 Å². The highest BCUT2D eigenvalue weighted by atomic mass is 33.1. The van der Waals surface area contributed by atoms with Gasteiger partial charge in [0.2, 0.25) is 0 Å².